The van der Waals surface area contributed by atoms with E-state index in [2.05, 4.69) is 48.8 Å². The largest absolute Gasteiger partial charge is 0.468 e. The van der Waals surface area contributed by atoms with Crippen molar-refractivity contribution in [1.82, 2.24) is 0 Å². The highest BCUT2D eigenvalue weighted by Gasteiger charge is 2.17. The highest BCUT2D eigenvalue weighted by molar-refractivity contribution is 9.09. The zero-order valence-corrected chi connectivity index (χ0v) is 15.4. The third kappa shape index (κ3) is 4.58. The van der Waals surface area contributed by atoms with Gasteiger partial charge in [0.25, 0.3) is 0 Å². The van der Waals surface area contributed by atoms with Gasteiger partial charge in [0.05, 0.1) is 7.11 Å². The van der Waals surface area contributed by atoms with Crippen LogP contribution in [0, 0.1) is 0 Å². The van der Waals surface area contributed by atoms with E-state index >= 15 is 0 Å². The summed E-state index contributed by atoms with van der Waals surface area (Å²) in [4.78, 5) is 11.0. The molecule has 0 saturated heterocycles. The van der Waals surface area contributed by atoms with Gasteiger partial charge in [0.2, 0.25) is 0 Å². The maximum atomic E-state index is 11.5. The predicted octanol–water partition coefficient (Wildman–Crippen LogP) is 5.39. The number of hydrogen-bond acceptors (Lipinski definition) is 3. The molecule has 0 fully saturated rings. The van der Waals surface area contributed by atoms with Gasteiger partial charge in [-0.2, -0.15) is 0 Å². The van der Waals surface area contributed by atoms with Crippen molar-refractivity contribution in [2.75, 3.05) is 7.11 Å². The van der Waals surface area contributed by atoms with E-state index in [0.717, 1.165) is 17.1 Å². The van der Waals surface area contributed by atoms with Crippen LogP contribution in [0.1, 0.15) is 36.7 Å². The molecule has 0 spiro atoms. The van der Waals surface area contributed by atoms with Crippen LogP contribution in [-0.2, 0) is 14.9 Å². The molecule has 3 nitrogen and oxygen atoms in total. The zero-order valence-electron chi connectivity index (χ0n) is 13.8. The number of carbonyl (C=O) groups excluding carboxylic acids is 1. The van der Waals surface area contributed by atoms with Gasteiger partial charge in [-0.05, 0) is 40.8 Å². The second-order valence-corrected chi connectivity index (χ2v) is 7.25. The fourth-order valence-electron chi connectivity index (χ4n) is 2.10. The van der Waals surface area contributed by atoms with Gasteiger partial charge < -0.3 is 9.47 Å². The second kappa shape index (κ2) is 7.18. The summed E-state index contributed by atoms with van der Waals surface area (Å²) in [5.74, 6) is 1.19. The Kier molecular flexibility index (Phi) is 5.47. The summed E-state index contributed by atoms with van der Waals surface area (Å²) >= 11 is 3.31. The first-order valence-corrected chi connectivity index (χ1v) is 8.33. The Labute approximate surface area is 145 Å². The molecule has 0 aromatic heterocycles. The van der Waals surface area contributed by atoms with Gasteiger partial charge >= 0.3 is 5.97 Å². The molecular weight excluding hydrogens is 356 g/mol. The van der Waals surface area contributed by atoms with Crippen LogP contribution >= 0.6 is 15.9 Å². The summed E-state index contributed by atoms with van der Waals surface area (Å²) < 4.78 is 10.5. The lowest BCUT2D eigenvalue weighted by atomic mass is 9.87. The maximum absolute atomic E-state index is 11.5. The van der Waals surface area contributed by atoms with Crippen LogP contribution in [0.25, 0.3) is 0 Å². The van der Waals surface area contributed by atoms with E-state index < -0.39 is 4.83 Å². The Balaban J connectivity index is 2.08. The summed E-state index contributed by atoms with van der Waals surface area (Å²) in [6, 6.07) is 15.5. The van der Waals surface area contributed by atoms with Crippen molar-refractivity contribution in [3.63, 3.8) is 0 Å². The first-order chi connectivity index (χ1) is 10.8. The van der Waals surface area contributed by atoms with E-state index in [-0.39, 0.29) is 11.4 Å². The standard InChI is InChI=1S/C19H21BrO3/c1-19(2,3)14-7-11-16(12-8-14)23-15-9-5-13(6-10-15)17(20)18(21)22-4/h5-12,17H,1-4H3. The lowest BCUT2D eigenvalue weighted by Crippen LogP contribution is -2.10. The smallest absolute Gasteiger partial charge is 0.323 e. The number of alkyl halides is 1. The van der Waals surface area contributed by atoms with Gasteiger partial charge in [0.1, 0.15) is 16.3 Å². The molecule has 0 radical (unpaired) electrons. The van der Waals surface area contributed by atoms with Crippen molar-refractivity contribution in [1.29, 1.82) is 0 Å². The number of rotatable bonds is 4. The zero-order chi connectivity index (χ0) is 17.0. The van der Waals surface area contributed by atoms with Crippen LogP contribution in [-0.4, -0.2) is 13.1 Å². The summed E-state index contributed by atoms with van der Waals surface area (Å²) in [5, 5.41) is 0. The molecule has 0 aliphatic heterocycles. The molecule has 4 heteroatoms. The van der Waals surface area contributed by atoms with Crippen LogP contribution in [0.15, 0.2) is 48.5 Å². The van der Waals surface area contributed by atoms with Crippen LogP contribution in [0.3, 0.4) is 0 Å². The quantitative estimate of drug-likeness (QED) is 0.530. The number of esters is 1. The lowest BCUT2D eigenvalue weighted by Gasteiger charge is -2.19. The summed E-state index contributed by atoms with van der Waals surface area (Å²) in [6.45, 7) is 6.54. The van der Waals surface area contributed by atoms with E-state index in [4.69, 9.17) is 9.47 Å². The van der Waals surface area contributed by atoms with Crippen LogP contribution in [0.2, 0.25) is 0 Å². The predicted molar refractivity (Wildman–Crippen MR) is 95.3 cm³/mol. The summed E-state index contributed by atoms with van der Waals surface area (Å²) in [5.41, 5.74) is 2.21. The third-order valence-electron chi connectivity index (χ3n) is 3.54. The average molecular weight is 377 g/mol. The normalized spacial score (nSPS) is 12.6. The first-order valence-electron chi connectivity index (χ1n) is 7.41. The van der Waals surface area contributed by atoms with Gasteiger partial charge in [-0.3, -0.25) is 4.79 Å². The fourth-order valence-corrected chi connectivity index (χ4v) is 2.60. The fraction of sp³-hybridized carbons (Fsp3) is 0.316. The molecule has 2 aromatic carbocycles. The number of ether oxygens (including phenoxy) is 2. The minimum Gasteiger partial charge on any atom is -0.468 e. The number of benzene rings is 2. The van der Waals surface area contributed by atoms with E-state index in [1.54, 1.807) is 0 Å². The topological polar surface area (TPSA) is 35.5 Å². The minimum atomic E-state index is -0.465. The SMILES string of the molecule is COC(=O)C(Br)c1ccc(Oc2ccc(C(C)(C)C)cc2)cc1. The average Bonchev–Trinajstić information content (AvgIpc) is 2.54. The highest BCUT2D eigenvalue weighted by Crippen LogP contribution is 2.29. The van der Waals surface area contributed by atoms with Crippen molar-refractivity contribution >= 4 is 21.9 Å². The van der Waals surface area contributed by atoms with E-state index in [0.29, 0.717) is 0 Å². The Bertz CT molecular complexity index is 655. The Morgan fingerprint density at radius 1 is 0.957 bits per heavy atom. The molecule has 0 aliphatic carbocycles. The highest BCUT2D eigenvalue weighted by atomic mass is 79.9. The molecule has 23 heavy (non-hydrogen) atoms. The molecule has 122 valence electrons. The number of halogens is 1. The van der Waals surface area contributed by atoms with Crippen LogP contribution in [0.4, 0.5) is 0 Å². The van der Waals surface area contributed by atoms with Gasteiger partial charge in [0.15, 0.2) is 0 Å². The molecule has 0 N–H and O–H groups in total. The molecule has 1 unspecified atom stereocenters. The van der Waals surface area contributed by atoms with Gasteiger partial charge in [-0.15, -0.1) is 0 Å². The first kappa shape index (κ1) is 17.5. The molecule has 2 rings (SSSR count). The Morgan fingerprint density at radius 2 is 1.43 bits per heavy atom. The van der Waals surface area contributed by atoms with E-state index in [9.17, 15) is 4.79 Å². The van der Waals surface area contributed by atoms with E-state index in [1.807, 2.05) is 36.4 Å². The molecule has 0 aliphatic rings. The number of hydrogen-bond donors (Lipinski definition) is 0. The van der Waals surface area contributed by atoms with Crippen LogP contribution < -0.4 is 4.74 Å². The molecule has 0 saturated carbocycles. The summed E-state index contributed by atoms with van der Waals surface area (Å²) in [6.07, 6.45) is 0. The molecule has 2 aromatic rings. The van der Waals surface area contributed by atoms with Crippen molar-refractivity contribution in [2.24, 2.45) is 0 Å². The molecule has 0 heterocycles. The monoisotopic (exact) mass is 376 g/mol. The summed E-state index contributed by atoms with van der Waals surface area (Å²) in [7, 11) is 1.37. The van der Waals surface area contributed by atoms with Gasteiger partial charge in [0, 0.05) is 0 Å². The number of methoxy groups -OCH3 is 1. The lowest BCUT2D eigenvalue weighted by molar-refractivity contribution is -0.139. The third-order valence-corrected chi connectivity index (χ3v) is 4.44. The Hall–Kier alpha value is -1.81. The maximum Gasteiger partial charge on any atom is 0.323 e. The van der Waals surface area contributed by atoms with Crippen LogP contribution in [0.5, 0.6) is 11.5 Å². The molecule has 1 atom stereocenters. The molecule has 0 amide bonds. The number of carbonyl (C=O) groups is 1. The van der Waals surface area contributed by atoms with Gasteiger partial charge in [-0.1, -0.05) is 61.0 Å². The minimum absolute atomic E-state index is 0.124. The van der Waals surface area contributed by atoms with E-state index in [1.165, 1.54) is 12.7 Å². The van der Waals surface area contributed by atoms with Crippen molar-refractivity contribution in [3.8, 4) is 11.5 Å². The van der Waals surface area contributed by atoms with Crippen molar-refractivity contribution in [2.45, 2.75) is 31.0 Å². The Morgan fingerprint density at radius 3 is 1.87 bits per heavy atom. The molecule has 0 bridgehead atoms. The van der Waals surface area contributed by atoms with Crippen molar-refractivity contribution < 1.29 is 14.3 Å². The molecular formula is C19H21BrO3. The van der Waals surface area contributed by atoms with Gasteiger partial charge in [-0.25, -0.2) is 0 Å². The van der Waals surface area contributed by atoms with Crippen molar-refractivity contribution in [3.05, 3.63) is 59.7 Å². The second-order valence-electron chi connectivity index (χ2n) is 6.33.